The van der Waals surface area contributed by atoms with Crippen LogP contribution in [0.3, 0.4) is 0 Å². The van der Waals surface area contributed by atoms with E-state index in [1.807, 2.05) is 65.6 Å². The van der Waals surface area contributed by atoms with Gasteiger partial charge in [-0.05, 0) is 12.8 Å². The van der Waals surface area contributed by atoms with E-state index in [4.69, 9.17) is 4.42 Å². The van der Waals surface area contributed by atoms with Crippen LogP contribution in [-0.2, 0) is 4.79 Å². The van der Waals surface area contributed by atoms with Crippen LogP contribution < -0.4 is 0 Å². The Morgan fingerprint density at radius 3 is 2.23 bits per heavy atom. The highest BCUT2D eigenvalue weighted by Crippen LogP contribution is 2.35. The number of carbonyl (C=O) groups is 1. The fourth-order valence-electron chi connectivity index (χ4n) is 3.12. The van der Waals surface area contributed by atoms with Crippen molar-refractivity contribution in [1.82, 2.24) is 9.88 Å². The van der Waals surface area contributed by atoms with Crippen LogP contribution in [0.1, 0.15) is 12.8 Å². The number of carbonyl (C=O) groups excluding carboxylic acids is 1. The third-order valence-corrected chi connectivity index (χ3v) is 5.28. The topological polar surface area (TPSA) is 46.3 Å². The second-order valence-corrected chi connectivity index (χ2v) is 7.19. The van der Waals surface area contributed by atoms with Crippen molar-refractivity contribution in [2.24, 2.45) is 0 Å². The quantitative estimate of drug-likeness (QED) is 0.615. The Morgan fingerprint density at radius 1 is 0.962 bits per heavy atom. The molecule has 4 nitrogen and oxygen atoms in total. The van der Waals surface area contributed by atoms with Gasteiger partial charge in [0.15, 0.2) is 5.76 Å². The third kappa shape index (κ3) is 3.68. The van der Waals surface area contributed by atoms with Gasteiger partial charge in [0.25, 0.3) is 5.22 Å². The number of benzene rings is 2. The number of thioether (sulfide) groups is 1. The Kier molecular flexibility index (Phi) is 5.07. The predicted octanol–water partition coefficient (Wildman–Crippen LogP) is 4.72. The van der Waals surface area contributed by atoms with Gasteiger partial charge in [0, 0.05) is 24.2 Å². The maximum Gasteiger partial charge on any atom is 0.257 e. The fraction of sp³-hybridized carbons (Fsp3) is 0.238. The second-order valence-electron chi connectivity index (χ2n) is 6.27. The van der Waals surface area contributed by atoms with Crippen molar-refractivity contribution >= 4 is 17.7 Å². The molecule has 26 heavy (non-hydrogen) atoms. The first-order valence-corrected chi connectivity index (χ1v) is 9.82. The van der Waals surface area contributed by atoms with Crippen molar-refractivity contribution < 1.29 is 9.21 Å². The molecule has 5 heteroatoms. The number of oxazole rings is 1. The molecule has 1 aromatic heterocycles. The second kappa shape index (κ2) is 7.79. The van der Waals surface area contributed by atoms with Gasteiger partial charge in [-0.15, -0.1) is 0 Å². The van der Waals surface area contributed by atoms with Crippen molar-refractivity contribution in [1.29, 1.82) is 0 Å². The van der Waals surface area contributed by atoms with E-state index < -0.39 is 0 Å². The summed E-state index contributed by atoms with van der Waals surface area (Å²) in [4.78, 5) is 18.9. The molecule has 0 saturated carbocycles. The number of amides is 1. The number of likely N-dealkylation sites (tertiary alicyclic amines) is 1. The molecule has 0 radical (unpaired) electrons. The molecule has 0 spiro atoms. The highest BCUT2D eigenvalue weighted by molar-refractivity contribution is 7.99. The zero-order chi connectivity index (χ0) is 17.8. The van der Waals surface area contributed by atoms with Crippen LogP contribution in [0.2, 0.25) is 0 Å². The van der Waals surface area contributed by atoms with Gasteiger partial charge in [-0.3, -0.25) is 4.79 Å². The van der Waals surface area contributed by atoms with Crippen LogP contribution in [0, 0.1) is 0 Å². The Bertz CT molecular complexity index is 815. The summed E-state index contributed by atoms with van der Waals surface area (Å²) in [6, 6.07) is 20.0. The summed E-state index contributed by atoms with van der Waals surface area (Å²) < 4.78 is 6.05. The minimum Gasteiger partial charge on any atom is -0.431 e. The van der Waals surface area contributed by atoms with Gasteiger partial charge in [0.2, 0.25) is 5.91 Å². The first-order valence-electron chi connectivity index (χ1n) is 8.83. The van der Waals surface area contributed by atoms with E-state index in [2.05, 4.69) is 4.98 Å². The van der Waals surface area contributed by atoms with Crippen LogP contribution >= 0.6 is 11.8 Å². The molecule has 2 aromatic carbocycles. The smallest absolute Gasteiger partial charge is 0.257 e. The van der Waals surface area contributed by atoms with E-state index >= 15 is 0 Å². The zero-order valence-corrected chi connectivity index (χ0v) is 15.2. The van der Waals surface area contributed by atoms with Crippen LogP contribution in [0.4, 0.5) is 0 Å². The van der Waals surface area contributed by atoms with Gasteiger partial charge < -0.3 is 9.32 Å². The molecule has 1 aliphatic rings. The van der Waals surface area contributed by atoms with Crippen LogP contribution in [0.25, 0.3) is 22.6 Å². The minimum atomic E-state index is 0.160. The molecule has 0 aliphatic carbocycles. The lowest BCUT2D eigenvalue weighted by molar-refractivity contribution is -0.127. The molecule has 132 valence electrons. The van der Waals surface area contributed by atoms with Crippen molar-refractivity contribution in [3.05, 3.63) is 60.7 Å². The molecule has 1 saturated heterocycles. The molecule has 2 heterocycles. The summed E-state index contributed by atoms with van der Waals surface area (Å²) in [6.07, 6.45) is 2.21. The van der Waals surface area contributed by atoms with Gasteiger partial charge in [0.1, 0.15) is 5.69 Å². The Hall–Kier alpha value is -2.53. The van der Waals surface area contributed by atoms with E-state index in [1.54, 1.807) is 0 Å². The number of aromatic nitrogens is 1. The number of hydrogen-bond donors (Lipinski definition) is 0. The normalized spacial score (nSPS) is 13.9. The van der Waals surface area contributed by atoms with E-state index in [-0.39, 0.29) is 5.91 Å². The fourth-order valence-corrected chi connectivity index (χ4v) is 3.85. The third-order valence-electron chi connectivity index (χ3n) is 4.47. The standard InChI is InChI=1S/C21H20N2O2S/c24-18(23-13-7-8-14-23)15-26-21-22-19(16-9-3-1-4-10-16)20(25-21)17-11-5-2-6-12-17/h1-6,9-12H,7-8,13-15H2. The minimum absolute atomic E-state index is 0.160. The lowest BCUT2D eigenvalue weighted by atomic mass is 10.1. The molecule has 3 aromatic rings. The Labute approximate surface area is 157 Å². The zero-order valence-electron chi connectivity index (χ0n) is 14.4. The van der Waals surface area contributed by atoms with E-state index in [1.165, 1.54) is 11.8 Å². The van der Waals surface area contributed by atoms with E-state index in [0.717, 1.165) is 48.5 Å². The van der Waals surface area contributed by atoms with E-state index in [9.17, 15) is 4.79 Å². The maximum absolute atomic E-state index is 12.3. The molecule has 1 amide bonds. The molecule has 1 aliphatic heterocycles. The summed E-state index contributed by atoms with van der Waals surface area (Å²) in [5.41, 5.74) is 2.80. The Morgan fingerprint density at radius 2 is 1.58 bits per heavy atom. The summed E-state index contributed by atoms with van der Waals surface area (Å²) in [6.45, 7) is 1.74. The van der Waals surface area contributed by atoms with Crippen molar-refractivity contribution in [3.8, 4) is 22.6 Å². The molecule has 0 N–H and O–H groups in total. The SMILES string of the molecule is O=C(CSc1nc(-c2ccccc2)c(-c2ccccc2)o1)N1CCCC1. The first-order chi connectivity index (χ1) is 12.8. The first kappa shape index (κ1) is 16.9. The van der Waals surface area contributed by atoms with Crippen LogP contribution in [-0.4, -0.2) is 34.6 Å². The monoisotopic (exact) mass is 364 g/mol. The average Bonchev–Trinajstić information content (AvgIpc) is 3.38. The number of rotatable bonds is 5. The van der Waals surface area contributed by atoms with Gasteiger partial charge in [0.05, 0.1) is 5.75 Å². The molecule has 0 unspecified atom stereocenters. The summed E-state index contributed by atoms with van der Waals surface area (Å²) in [5.74, 6) is 1.27. The number of hydrogen-bond acceptors (Lipinski definition) is 4. The van der Waals surface area contributed by atoms with Crippen LogP contribution in [0.15, 0.2) is 70.3 Å². The summed E-state index contributed by atoms with van der Waals surface area (Å²) in [5, 5.41) is 0.537. The van der Waals surface area contributed by atoms with Gasteiger partial charge in [-0.25, -0.2) is 4.98 Å². The summed E-state index contributed by atoms with van der Waals surface area (Å²) >= 11 is 1.37. The highest BCUT2D eigenvalue weighted by Gasteiger charge is 2.21. The van der Waals surface area contributed by atoms with Gasteiger partial charge in [-0.1, -0.05) is 72.4 Å². The highest BCUT2D eigenvalue weighted by atomic mass is 32.2. The van der Waals surface area contributed by atoms with Crippen molar-refractivity contribution in [2.75, 3.05) is 18.8 Å². The predicted molar refractivity (Wildman–Crippen MR) is 104 cm³/mol. The van der Waals surface area contributed by atoms with Crippen LogP contribution in [0.5, 0.6) is 0 Å². The summed E-state index contributed by atoms with van der Waals surface area (Å²) in [7, 11) is 0. The molecule has 1 fully saturated rings. The molecule has 4 rings (SSSR count). The van der Waals surface area contributed by atoms with Crippen molar-refractivity contribution in [2.45, 2.75) is 18.1 Å². The molecular formula is C21H20N2O2S. The molecule has 0 atom stereocenters. The Balaban J connectivity index is 1.60. The van der Waals surface area contributed by atoms with Gasteiger partial charge in [-0.2, -0.15) is 0 Å². The molecule has 0 bridgehead atoms. The maximum atomic E-state index is 12.3. The van der Waals surface area contributed by atoms with E-state index in [0.29, 0.717) is 11.0 Å². The lowest BCUT2D eigenvalue weighted by Crippen LogP contribution is -2.29. The van der Waals surface area contributed by atoms with Crippen molar-refractivity contribution in [3.63, 3.8) is 0 Å². The average molecular weight is 364 g/mol. The largest absolute Gasteiger partial charge is 0.431 e. The molecular weight excluding hydrogens is 344 g/mol. The number of nitrogens with zero attached hydrogens (tertiary/aromatic N) is 2. The lowest BCUT2D eigenvalue weighted by Gasteiger charge is -2.13. The van der Waals surface area contributed by atoms with Gasteiger partial charge >= 0.3 is 0 Å².